The number of aromatic nitrogens is 2. The lowest BCUT2D eigenvalue weighted by atomic mass is 10.0. The van der Waals surface area contributed by atoms with Crippen molar-refractivity contribution >= 4 is 23.4 Å². The van der Waals surface area contributed by atoms with E-state index in [0.29, 0.717) is 15.9 Å². The Kier molecular flexibility index (Phi) is 5.45. The van der Waals surface area contributed by atoms with Crippen LogP contribution in [0.15, 0.2) is 39.1 Å². The molecule has 0 spiro atoms. The molecule has 1 heterocycles. The molecule has 0 aliphatic rings. The van der Waals surface area contributed by atoms with E-state index in [0.717, 1.165) is 23.3 Å². The van der Waals surface area contributed by atoms with Gasteiger partial charge in [0.05, 0.1) is 0 Å². The van der Waals surface area contributed by atoms with Crippen LogP contribution < -0.4 is 11.3 Å². The van der Waals surface area contributed by atoms with Crippen LogP contribution in [0.3, 0.4) is 0 Å². The Hall–Kier alpha value is -1.30. The molecule has 2 aromatic rings. The van der Waals surface area contributed by atoms with Gasteiger partial charge in [-0.05, 0) is 43.5 Å². The molecule has 3 N–H and O–H groups in total. The molecule has 1 aromatic carbocycles. The third-order valence-electron chi connectivity index (χ3n) is 3.08. The number of rotatable bonds is 5. The van der Waals surface area contributed by atoms with Crippen LogP contribution in [0.4, 0.5) is 0 Å². The summed E-state index contributed by atoms with van der Waals surface area (Å²) in [5.74, 6) is 0. The van der Waals surface area contributed by atoms with Gasteiger partial charge in [0.15, 0.2) is 5.16 Å². The van der Waals surface area contributed by atoms with Gasteiger partial charge in [0.2, 0.25) is 0 Å². The Labute approximate surface area is 133 Å². The third kappa shape index (κ3) is 4.59. The molecule has 2 rings (SSSR count). The molecule has 0 aliphatic carbocycles. The summed E-state index contributed by atoms with van der Waals surface area (Å²) in [7, 11) is 0. The van der Waals surface area contributed by atoms with Crippen LogP contribution in [0, 0.1) is 6.92 Å². The van der Waals surface area contributed by atoms with Crippen molar-refractivity contribution in [1.82, 2.24) is 9.97 Å². The maximum Gasteiger partial charge on any atom is 0.251 e. The van der Waals surface area contributed by atoms with Crippen molar-refractivity contribution in [1.29, 1.82) is 0 Å². The smallest absolute Gasteiger partial charge is 0.251 e. The predicted molar refractivity (Wildman–Crippen MR) is 87.1 cm³/mol. The number of halogens is 1. The highest BCUT2D eigenvalue weighted by atomic mass is 35.5. The van der Waals surface area contributed by atoms with Gasteiger partial charge in [0.1, 0.15) is 0 Å². The second kappa shape index (κ2) is 7.11. The second-order valence-corrected chi connectivity index (χ2v) is 6.39. The predicted octanol–water partition coefficient (Wildman–Crippen LogP) is 3.16. The fourth-order valence-corrected chi connectivity index (χ4v) is 3.09. The standard InChI is InChI=1S/C15H18ClN3OS/c1-3-12(17)8-10-7-11(16)4-5-13(10)21-15-18-9(2)6-14(20)19-15/h4-7,12H,3,8,17H2,1-2H3,(H,18,19,20). The number of nitrogens with two attached hydrogens (primary N) is 1. The zero-order valence-corrected chi connectivity index (χ0v) is 13.6. The van der Waals surface area contributed by atoms with Crippen molar-refractivity contribution < 1.29 is 0 Å². The molecular weight excluding hydrogens is 306 g/mol. The molecule has 21 heavy (non-hydrogen) atoms. The van der Waals surface area contributed by atoms with E-state index in [-0.39, 0.29) is 11.6 Å². The number of hydrogen-bond acceptors (Lipinski definition) is 4. The number of nitrogens with one attached hydrogen (secondary N) is 1. The van der Waals surface area contributed by atoms with Gasteiger partial charge in [-0.15, -0.1) is 0 Å². The van der Waals surface area contributed by atoms with Crippen molar-refractivity contribution in [2.75, 3.05) is 0 Å². The first-order valence-electron chi connectivity index (χ1n) is 6.77. The fraction of sp³-hybridized carbons (Fsp3) is 0.333. The quantitative estimate of drug-likeness (QED) is 0.829. The van der Waals surface area contributed by atoms with Crippen LogP contribution in [-0.4, -0.2) is 16.0 Å². The Morgan fingerprint density at radius 2 is 2.19 bits per heavy atom. The molecule has 1 atom stereocenters. The lowest BCUT2D eigenvalue weighted by Gasteiger charge is -2.13. The van der Waals surface area contributed by atoms with E-state index >= 15 is 0 Å². The summed E-state index contributed by atoms with van der Waals surface area (Å²) in [4.78, 5) is 19.6. The first-order chi connectivity index (χ1) is 9.97. The zero-order valence-electron chi connectivity index (χ0n) is 12.0. The lowest BCUT2D eigenvalue weighted by Crippen LogP contribution is -2.21. The molecule has 0 saturated carbocycles. The minimum Gasteiger partial charge on any atom is -0.327 e. The first kappa shape index (κ1) is 16.1. The van der Waals surface area contributed by atoms with Gasteiger partial charge in [-0.2, -0.15) is 0 Å². The van der Waals surface area contributed by atoms with Crippen molar-refractivity contribution in [3.63, 3.8) is 0 Å². The average Bonchev–Trinajstić information content (AvgIpc) is 2.40. The summed E-state index contributed by atoms with van der Waals surface area (Å²) in [6.45, 7) is 3.86. The van der Waals surface area contributed by atoms with E-state index in [4.69, 9.17) is 17.3 Å². The fourth-order valence-electron chi connectivity index (χ4n) is 1.94. The van der Waals surface area contributed by atoms with E-state index in [2.05, 4.69) is 16.9 Å². The van der Waals surface area contributed by atoms with E-state index in [1.165, 1.54) is 17.8 Å². The van der Waals surface area contributed by atoms with Crippen molar-refractivity contribution in [2.45, 2.75) is 42.8 Å². The largest absolute Gasteiger partial charge is 0.327 e. The SMILES string of the molecule is CCC(N)Cc1cc(Cl)ccc1Sc1nc(C)cc(=O)[nH]1. The Balaban J connectivity index is 2.32. The Bertz CT molecular complexity index is 687. The number of benzene rings is 1. The minimum absolute atomic E-state index is 0.0901. The maximum atomic E-state index is 11.5. The molecule has 0 aliphatic heterocycles. The molecule has 4 nitrogen and oxygen atoms in total. The minimum atomic E-state index is -0.147. The highest BCUT2D eigenvalue weighted by molar-refractivity contribution is 7.99. The monoisotopic (exact) mass is 323 g/mol. The number of nitrogens with zero attached hydrogens (tertiary/aromatic N) is 1. The van der Waals surface area contributed by atoms with Gasteiger partial charge in [-0.3, -0.25) is 4.79 Å². The molecule has 1 aromatic heterocycles. The summed E-state index contributed by atoms with van der Waals surface area (Å²) >= 11 is 7.50. The van der Waals surface area contributed by atoms with Crippen molar-refractivity contribution in [3.8, 4) is 0 Å². The molecule has 0 radical (unpaired) electrons. The zero-order chi connectivity index (χ0) is 15.4. The number of hydrogen-bond donors (Lipinski definition) is 2. The van der Waals surface area contributed by atoms with Gasteiger partial charge in [-0.1, -0.05) is 30.3 Å². The van der Waals surface area contributed by atoms with E-state index in [1.54, 1.807) is 6.92 Å². The second-order valence-electron chi connectivity index (χ2n) is 4.92. The van der Waals surface area contributed by atoms with Crippen LogP contribution in [0.25, 0.3) is 0 Å². The molecule has 0 amide bonds. The summed E-state index contributed by atoms with van der Waals surface area (Å²) in [6, 6.07) is 7.26. The summed E-state index contributed by atoms with van der Waals surface area (Å²) in [5, 5.41) is 1.26. The summed E-state index contributed by atoms with van der Waals surface area (Å²) in [6.07, 6.45) is 1.64. The number of aromatic amines is 1. The Morgan fingerprint density at radius 3 is 2.86 bits per heavy atom. The van der Waals surface area contributed by atoms with E-state index in [1.807, 2.05) is 18.2 Å². The molecule has 0 fully saturated rings. The molecule has 112 valence electrons. The average molecular weight is 324 g/mol. The van der Waals surface area contributed by atoms with E-state index in [9.17, 15) is 4.79 Å². The van der Waals surface area contributed by atoms with Gasteiger partial charge < -0.3 is 10.7 Å². The normalized spacial score (nSPS) is 12.4. The molecular formula is C15H18ClN3OS. The highest BCUT2D eigenvalue weighted by Gasteiger charge is 2.10. The van der Waals surface area contributed by atoms with Gasteiger partial charge in [0, 0.05) is 27.7 Å². The van der Waals surface area contributed by atoms with Gasteiger partial charge in [0.25, 0.3) is 5.56 Å². The summed E-state index contributed by atoms with van der Waals surface area (Å²) in [5.41, 5.74) is 7.66. The topological polar surface area (TPSA) is 71.8 Å². The first-order valence-corrected chi connectivity index (χ1v) is 7.97. The molecule has 0 saturated heterocycles. The van der Waals surface area contributed by atoms with Crippen LogP contribution in [0.5, 0.6) is 0 Å². The van der Waals surface area contributed by atoms with Crippen molar-refractivity contribution in [2.24, 2.45) is 5.73 Å². The lowest BCUT2D eigenvalue weighted by molar-refractivity contribution is 0.641. The number of aryl methyl sites for hydroxylation is 1. The van der Waals surface area contributed by atoms with Gasteiger partial charge in [-0.25, -0.2) is 4.98 Å². The number of H-pyrrole nitrogens is 1. The third-order valence-corrected chi connectivity index (χ3v) is 4.32. The van der Waals surface area contributed by atoms with Crippen LogP contribution in [-0.2, 0) is 6.42 Å². The van der Waals surface area contributed by atoms with Crippen LogP contribution in [0.1, 0.15) is 24.6 Å². The maximum absolute atomic E-state index is 11.5. The Morgan fingerprint density at radius 1 is 1.43 bits per heavy atom. The van der Waals surface area contributed by atoms with Crippen molar-refractivity contribution in [3.05, 3.63) is 50.9 Å². The van der Waals surface area contributed by atoms with E-state index < -0.39 is 0 Å². The van der Waals surface area contributed by atoms with Crippen LogP contribution >= 0.6 is 23.4 Å². The highest BCUT2D eigenvalue weighted by Crippen LogP contribution is 2.30. The van der Waals surface area contributed by atoms with Crippen LogP contribution in [0.2, 0.25) is 5.02 Å². The molecule has 6 heteroatoms. The summed E-state index contributed by atoms with van der Waals surface area (Å²) < 4.78 is 0. The molecule has 1 unspecified atom stereocenters. The van der Waals surface area contributed by atoms with Gasteiger partial charge >= 0.3 is 0 Å². The molecule has 0 bridgehead atoms.